The van der Waals surface area contributed by atoms with Crippen molar-refractivity contribution in [3.8, 4) is 0 Å². The highest BCUT2D eigenvalue weighted by Crippen LogP contribution is 2.55. The van der Waals surface area contributed by atoms with Gasteiger partial charge in [-0.3, -0.25) is 0 Å². The van der Waals surface area contributed by atoms with Gasteiger partial charge in [-0.2, -0.15) is 0 Å². The second-order valence-electron chi connectivity index (χ2n) is 11.0. The molecule has 4 aliphatic rings. The van der Waals surface area contributed by atoms with Crippen molar-refractivity contribution in [3.63, 3.8) is 0 Å². The molecule has 4 aliphatic carbocycles. The summed E-state index contributed by atoms with van der Waals surface area (Å²) in [6.45, 7) is 0. The van der Waals surface area contributed by atoms with Gasteiger partial charge in [0.25, 0.3) is 0 Å². The number of hydrogen-bond donors (Lipinski definition) is 0. The third-order valence-electron chi connectivity index (χ3n) is 9.47. The summed E-state index contributed by atoms with van der Waals surface area (Å²) in [7, 11) is 1.11. The summed E-state index contributed by atoms with van der Waals surface area (Å²) in [5.41, 5.74) is 0.532. The largest absolute Gasteiger partial charge is 0.504 e. The molecule has 4 rings (SSSR count). The molecule has 0 radical (unpaired) electrons. The molecule has 3 nitrogen and oxygen atoms in total. The lowest BCUT2D eigenvalue weighted by Crippen LogP contribution is -2.63. The molecule has 0 aromatic heterocycles. The monoisotopic (exact) mass is 436 g/mol. The Bertz CT molecular complexity index is 451. The van der Waals surface area contributed by atoms with E-state index in [2.05, 4.69) is 0 Å². The van der Waals surface area contributed by atoms with Crippen LogP contribution < -0.4 is 0 Å². The summed E-state index contributed by atoms with van der Waals surface area (Å²) in [5.74, 6) is 2.16. The lowest BCUT2D eigenvalue weighted by molar-refractivity contribution is -0.156. The maximum absolute atomic E-state index is 7.72. The smallest absolute Gasteiger partial charge is 0.377 e. The molecule has 4 saturated carbocycles. The van der Waals surface area contributed by atoms with E-state index in [1.165, 1.54) is 122 Å². The molecule has 0 heterocycles. The average molecular weight is 437 g/mol. The topological polar surface area (TPSA) is 27.7 Å². The van der Waals surface area contributed by atoms with Crippen LogP contribution in [0.25, 0.3) is 0 Å². The Balaban J connectivity index is 1.74. The second-order valence-corrected chi connectivity index (χ2v) is 14.0. The Labute approximate surface area is 187 Å². The first-order valence-electron chi connectivity index (χ1n) is 13.6. The molecular formula is C26H48O3Si. The predicted molar refractivity (Wildman–Crippen MR) is 126 cm³/mol. The van der Waals surface area contributed by atoms with Gasteiger partial charge in [0.15, 0.2) is 0 Å². The summed E-state index contributed by atoms with van der Waals surface area (Å²) >= 11 is 0. The highest BCUT2D eigenvalue weighted by atomic mass is 28.4. The molecule has 0 N–H and O–H groups in total. The molecule has 0 unspecified atom stereocenters. The third kappa shape index (κ3) is 4.58. The molecule has 0 atom stereocenters. The van der Waals surface area contributed by atoms with E-state index in [1.54, 1.807) is 0 Å². The maximum Gasteiger partial charge on any atom is 0.504 e. The predicted octanol–water partition coefficient (Wildman–Crippen LogP) is 7.66. The molecule has 0 bridgehead atoms. The van der Waals surface area contributed by atoms with Gasteiger partial charge in [0, 0.05) is 19.8 Å². The number of rotatable bonds is 8. The molecule has 4 fully saturated rings. The van der Waals surface area contributed by atoms with Crippen molar-refractivity contribution in [1.82, 2.24) is 0 Å². The molecule has 30 heavy (non-hydrogen) atoms. The van der Waals surface area contributed by atoms with Crippen molar-refractivity contribution >= 4 is 8.80 Å². The van der Waals surface area contributed by atoms with E-state index in [0.29, 0.717) is 5.54 Å². The highest BCUT2D eigenvalue weighted by molar-refractivity contribution is 6.62. The molecule has 0 amide bonds. The van der Waals surface area contributed by atoms with E-state index >= 15 is 0 Å². The standard InChI is InChI=1S/C26H48O3Si/c1-27-30(28-2,25-20-12-13-21-25)29-26(22-14-6-3-7-15-22,23-16-8-4-9-17-23)24-18-10-5-11-19-24/h22-25H,3-21H2,1-2H3. The van der Waals surface area contributed by atoms with Crippen molar-refractivity contribution in [2.24, 2.45) is 17.8 Å². The summed E-state index contributed by atoms with van der Waals surface area (Å²) in [4.78, 5) is 0. The Kier molecular flexibility index (Phi) is 8.38. The molecular weight excluding hydrogens is 388 g/mol. The molecule has 4 heteroatoms. The van der Waals surface area contributed by atoms with Crippen molar-refractivity contribution in [2.75, 3.05) is 14.2 Å². The average Bonchev–Trinajstić information content (AvgIpc) is 3.38. The lowest BCUT2D eigenvalue weighted by Gasteiger charge is -2.57. The number of hydrogen-bond acceptors (Lipinski definition) is 3. The fourth-order valence-corrected chi connectivity index (χ4v) is 11.3. The van der Waals surface area contributed by atoms with Crippen LogP contribution in [0.4, 0.5) is 0 Å². The van der Waals surface area contributed by atoms with Gasteiger partial charge in [-0.05, 0) is 69.1 Å². The quantitative estimate of drug-likeness (QED) is 0.365. The van der Waals surface area contributed by atoms with Gasteiger partial charge in [0.05, 0.1) is 5.60 Å². The zero-order valence-electron chi connectivity index (χ0n) is 20.0. The van der Waals surface area contributed by atoms with Crippen molar-refractivity contribution in [2.45, 2.75) is 133 Å². The maximum atomic E-state index is 7.72. The first-order valence-corrected chi connectivity index (χ1v) is 15.4. The van der Waals surface area contributed by atoms with E-state index in [4.69, 9.17) is 13.3 Å². The van der Waals surface area contributed by atoms with Crippen LogP contribution in [-0.2, 0) is 13.3 Å². The molecule has 0 aromatic rings. The van der Waals surface area contributed by atoms with Crippen LogP contribution in [0.15, 0.2) is 0 Å². The van der Waals surface area contributed by atoms with E-state index in [9.17, 15) is 0 Å². The summed E-state index contributed by atoms with van der Waals surface area (Å²) in [5, 5.41) is 0. The van der Waals surface area contributed by atoms with E-state index in [0.717, 1.165) is 17.8 Å². The lowest BCUT2D eigenvalue weighted by atomic mass is 9.58. The minimum atomic E-state index is -2.70. The third-order valence-corrected chi connectivity index (χ3v) is 12.8. The van der Waals surface area contributed by atoms with Gasteiger partial charge in [0.1, 0.15) is 0 Å². The van der Waals surface area contributed by atoms with Crippen molar-refractivity contribution < 1.29 is 13.3 Å². The van der Waals surface area contributed by atoms with Crippen molar-refractivity contribution in [3.05, 3.63) is 0 Å². The van der Waals surface area contributed by atoms with Gasteiger partial charge in [-0.15, -0.1) is 0 Å². The Morgan fingerprint density at radius 1 is 0.500 bits per heavy atom. The van der Waals surface area contributed by atoms with Crippen LogP contribution in [0.1, 0.15) is 122 Å². The first kappa shape index (κ1) is 23.3. The fraction of sp³-hybridized carbons (Fsp3) is 1.00. The zero-order valence-corrected chi connectivity index (χ0v) is 21.0. The first-order chi connectivity index (χ1) is 14.7. The minimum absolute atomic E-state index is 0.0160. The Morgan fingerprint density at radius 2 is 0.833 bits per heavy atom. The highest BCUT2D eigenvalue weighted by Gasteiger charge is 2.60. The Morgan fingerprint density at radius 3 is 1.17 bits per heavy atom. The summed E-state index contributed by atoms with van der Waals surface area (Å²) in [6.07, 6.45) is 26.0. The van der Waals surface area contributed by atoms with E-state index in [-0.39, 0.29) is 5.60 Å². The van der Waals surface area contributed by atoms with Crippen LogP contribution in [0.3, 0.4) is 0 Å². The van der Waals surface area contributed by atoms with Crippen LogP contribution in [-0.4, -0.2) is 28.6 Å². The van der Waals surface area contributed by atoms with Crippen LogP contribution in [0.5, 0.6) is 0 Å². The van der Waals surface area contributed by atoms with Gasteiger partial charge in [-0.1, -0.05) is 70.6 Å². The van der Waals surface area contributed by atoms with Gasteiger partial charge in [-0.25, -0.2) is 0 Å². The van der Waals surface area contributed by atoms with E-state index in [1.807, 2.05) is 14.2 Å². The summed E-state index contributed by atoms with van der Waals surface area (Å²) < 4.78 is 20.5. The van der Waals surface area contributed by atoms with Crippen LogP contribution >= 0.6 is 0 Å². The Hall–Kier alpha value is 0.0969. The van der Waals surface area contributed by atoms with Gasteiger partial charge in [0.2, 0.25) is 0 Å². The molecule has 0 saturated heterocycles. The molecule has 174 valence electrons. The normalized spacial score (nSPS) is 27.0. The SMILES string of the molecule is CO[Si](OC)(OC(C1CCCCC1)(C1CCCCC1)C1CCCCC1)C1CCCC1. The second kappa shape index (κ2) is 10.8. The molecule has 0 spiro atoms. The zero-order chi connectivity index (χ0) is 20.9. The van der Waals surface area contributed by atoms with E-state index < -0.39 is 8.80 Å². The minimum Gasteiger partial charge on any atom is -0.377 e. The summed E-state index contributed by atoms with van der Waals surface area (Å²) in [6, 6.07) is 0. The molecule has 0 aliphatic heterocycles. The van der Waals surface area contributed by atoms with Gasteiger partial charge < -0.3 is 13.3 Å². The molecule has 0 aromatic carbocycles. The fourth-order valence-electron chi connectivity index (χ4n) is 8.02. The van der Waals surface area contributed by atoms with Crippen LogP contribution in [0, 0.1) is 17.8 Å². The van der Waals surface area contributed by atoms with Gasteiger partial charge >= 0.3 is 8.80 Å². The van der Waals surface area contributed by atoms with Crippen LogP contribution in [0.2, 0.25) is 5.54 Å². The van der Waals surface area contributed by atoms with Crippen molar-refractivity contribution in [1.29, 1.82) is 0 Å².